The normalized spacial score (nSPS) is 11.8. The Kier molecular flexibility index (Phi) is 4.17. The highest BCUT2D eigenvalue weighted by atomic mass is 15.0. The molecule has 0 saturated carbocycles. The minimum absolute atomic E-state index is 0.751. The molecule has 0 aliphatic heterocycles. The van der Waals surface area contributed by atoms with Crippen LogP contribution < -0.4 is 0 Å². The van der Waals surface area contributed by atoms with Crippen molar-refractivity contribution < 1.29 is 0 Å². The van der Waals surface area contributed by atoms with E-state index in [9.17, 15) is 0 Å². The zero-order valence-electron chi connectivity index (χ0n) is 16.9. The highest BCUT2D eigenvalue weighted by Gasteiger charge is 2.17. The second kappa shape index (κ2) is 6.86. The fraction of sp³-hybridized carbons (Fsp3) is 0.0769. The van der Waals surface area contributed by atoms with Gasteiger partial charge in [0, 0.05) is 44.0 Å². The van der Waals surface area contributed by atoms with Gasteiger partial charge in [-0.15, -0.1) is 0 Å². The summed E-state index contributed by atoms with van der Waals surface area (Å²) in [5.41, 5.74) is 7.43. The molecule has 2 heterocycles. The lowest BCUT2D eigenvalue weighted by atomic mass is 10.1. The first kappa shape index (κ1) is 17.6. The number of hydrogen-bond donors (Lipinski definition) is 0. The second-order valence-electron chi connectivity index (χ2n) is 7.56. The zero-order chi connectivity index (χ0) is 20.0. The molecule has 0 fully saturated rings. The van der Waals surface area contributed by atoms with Crippen LogP contribution >= 0.6 is 0 Å². The van der Waals surface area contributed by atoms with Crippen LogP contribution in [0.15, 0.2) is 79.4 Å². The van der Waals surface area contributed by atoms with Crippen LogP contribution in [0.5, 0.6) is 0 Å². The first-order valence-electron chi connectivity index (χ1n) is 10.1. The van der Waals surface area contributed by atoms with E-state index in [0.29, 0.717) is 0 Å². The Bertz CT molecular complexity index is 1420. The quantitative estimate of drug-likeness (QED) is 0.322. The first-order chi connectivity index (χ1) is 14.2. The van der Waals surface area contributed by atoms with Gasteiger partial charge in [-0.25, -0.2) is 0 Å². The molecule has 0 atom stereocenters. The van der Waals surface area contributed by atoms with Crippen LogP contribution in [0.25, 0.3) is 44.9 Å². The lowest BCUT2D eigenvalue weighted by Crippen LogP contribution is -2.17. The van der Waals surface area contributed by atoms with Gasteiger partial charge in [0.15, 0.2) is 0 Å². The van der Waals surface area contributed by atoms with Crippen molar-refractivity contribution in [1.29, 1.82) is 0 Å². The third kappa shape index (κ3) is 2.66. The molecule has 29 heavy (non-hydrogen) atoms. The first-order valence-corrected chi connectivity index (χ1v) is 10.1. The molecule has 0 bridgehead atoms. The number of hydrogen-bond acceptors (Lipinski definition) is 0. The Balaban J connectivity index is 1.84. The molecule has 0 saturated heterocycles. The molecule has 5 rings (SSSR count). The third-order valence-corrected chi connectivity index (χ3v) is 5.79. The smallest absolute Gasteiger partial charge is 0.366 e. The molecule has 5 aromatic rings. The van der Waals surface area contributed by atoms with Gasteiger partial charge in [-0.05, 0) is 44.2 Å². The molecule has 140 valence electrons. The zero-order valence-corrected chi connectivity index (χ0v) is 16.9. The topological polar surface area (TPSA) is 9.86 Å². The Labute approximate surface area is 171 Å². The number of aryl methyl sites for hydroxylation is 1. The van der Waals surface area contributed by atoms with Crippen molar-refractivity contribution in [3.8, 4) is 0 Å². The number of nitrogens with zero attached hydrogens (tertiary/aromatic N) is 2. The van der Waals surface area contributed by atoms with Crippen LogP contribution in [-0.2, 0) is 0 Å². The summed E-state index contributed by atoms with van der Waals surface area (Å²) in [5, 5.41) is 3.86. The van der Waals surface area contributed by atoms with Crippen LogP contribution in [0.1, 0.15) is 23.7 Å². The Morgan fingerprint density at radius 2 is 1.45 bits per heavy atom. The maximum Gasteiger partial charge on any atom is 0.366 e. The summed E-state index contributed by atoms with van der Waals surface area (Å²) in [6.07, 6.45) is 6.27. The standard InChI is InChI=1S/C26H23BN2/c1-4-10-23-19(5-2)20-11-6-8-13-24(20)28(23)27-29-25-14-9-7-12-21(25)22-17-18(3)15-16-26(22)29/h4-17,27H,2H2,1,3H3/b10-4-. The molecule has 2 aromatic heterocycles. The fourth-order valence-electron chi connectivity index (χ4n) is 4.52. The van der Waals surface area contributed by atoms with Gasteiger partial charge in [0.1, 0.15) is 0 Å². The maximum atomic E-state index is 4.09. The van der Waals surface area contributed by atoms with E-state index in [4.69, 9.17) is 0 Å². The minimum Gasteiger partial charge on any atom is -0.368 e. The maximum absolute atomic E-state index is 4.09. The van der Waals surface area contributed by atoms with Crippen molar-refractivity contribution in [1.82, 2.24) is 8.96 Å². The van der Waals surface area contributed by atoms with Gasteiger partial charge in [-0.1, -0.05) is 66.8 Å². The summed E-state index contributed by atoms with van der Waals surface area (Å²) >= 11 is 0. The van der Waals surface area contributed by atoms with Gasteiger partial charge in [-0.2, -0.15) is 0 Å². The van der Waals surface area contributed by atoms with Crippen molar-refractivity contribution in [3.63, 3.8) is 0 Å². The average Bonchev–Trinajstić information content (AvgIpc) is 3.21. The van der Waals surface area contributed by atoms with E-state index in [-0.39, 0.29) is 0 Å². The van der Waals surface area contributed by atoms with Gasteiger partial charge < -0.3 is 8.96 Å². The van der Waals surface area contributed by atoms with E-state index in [1.54, 1.807) is 0 Å². The van der Waals surface area contributed by atoms with E-state index in [1.165, 1.54) is 49.5 Å². The molecule has 0 aliphatic carbocycles. The van der Waals surface area contributed by atoms with E-state index in [2.05, 4.69) is 108 Å². The number of fused-ring (bicyclic) bond motifs is 4. The van der Waals surface area contributed by atoms with Crippen LogP contribution in [0.3, 0.4) is 0 Å². The highest BCUT2D eigenvalue weighted by Crippen LogP contribution is 2.31. The summed E-state index contributed by atoms with van der Waals surface area (Å²) in [6.45, 7) is 8.32. The van der Waals surface area contributed by atoms with Crippen molar-refractivity contribution in [2.45, 2.75) is 13.8 Å². The Hall–Kier alpha value is -3.46. The number of rotatable bonds is 4. The van der Waals surface area contributed by atoms with Crippen LogP contribution in [0.2, 0.25) is 0 Å². The van der Waals surface area contributed by atoms with Gasteiger partial charge in [0.2, 0.25) is 0 Å². The molecular formula is C26H23BN2. The number of allylic oxidation sites excluding steroid dienone is 1. The van der Waals surface area contributed by atoms with Gasteiger partial charge in [0.25, 0.3) is 0 Å². The van der Waals surface area contributed by atoms with E-state index >= 15 is 0 Å². The van der Waals surface area contributed by atoms with Gasteiger partial charge >= 0.3 is 7.55 Å². The molecule has 0 unspecified atom stereocenters. The van der Waals surface area contributed by atoms with Gasteiger partial charge in [0.05, 0.1) is 0 Å². The Morgan fingerprint density at radius 3 is 2.17 bits per heavy atom. The van der Waals surface area contributed by atoms with Crippen molar-refractivity contribution >= 4 is 52.4 Å². The molecule has 3 aromatic carbocycles. The van der Waals surface area contributed by atoms with Crippen molar-refractivity contribution in [2.24, 2.45) is 0 Å². The summed E-state index contributed by atoms with van der Waals surface area (Å²) in [5.74, 6) is 0. The Morgan fingerprint density at radius 1 is 0.793 bits per heavy atom. The van der Waals surface area contributed by atoms with Crippen LogP contribution in [0.4, 0.5) is 0 Å². The lowest BCUT2D eigenvalue weighted by Gasteiger charge is -2.11. The minimum atomic E-state index is 0.751. The number of aromatic nitrogens is 2. The molecule has 0 N–H and O–H groups in total. The molecule has 0 radical (unpaired) electrons. The van der Waals surface area contributed by atoms with E-state index in [0.717, 1.165) is 7.55 Å². The summed E-state index contributed by atoms with van der Waals surface area (Å²) in [7, 11) is 0.751. The third-order valence-electron chi connectivity index (χ3n) is 5.79. The average molecular weight is 374 g/mol. The number of benzene rings is 3. The largest absolute Gasteiger partial charge is 0.368 e. The molecule has 2 nitrogen and oxygen atoms in total. The van der Waals surface area contributed by atoms with Crippen LogP contribution in [-0.4, -0.2) is 16.5 Å². The molecular weight excluding hydrogens is 351 g/mol. The molecule has 0 amide bonds. The summed E-state index contributed by atoms with van der Waals surface area (Å²) in [4.78, 5) is 0. The van der Waals surface area contributed by atoms with Crippen LogP contribution in [0, 0.1) is 6.92 Å². The predicted molar refractivity (Wildman–Crippen MR) is 129 cm³/mol. The monoisotopic (exact) mass is 374 g/mol. The molecule has 3 heteroatoms. The van der Waals surface area contributed by atoms with Crippen molar-refractivity contribution in [3.05, 3.63) is 96.2 Å². The predicted octanol–water partition coefficient (Wildman–Crippen LogP) is 6.40. The lowest BCUT2D eigenvalue weighted by molar-refractivity contribution is 1.18. The summed E-state index contributed by atoms with van der Waals surface area (Å²) < 4.78 is 4.83. The molecule has 0 spiro atoms. The van der Waals surface area contributed by atoms with Gasteiger partial charge in [-0.3, -0.25) is 0 Å². The van der Waals surface area contributed by atoms with Crippen molar-refractivity contribution in [2.75, 3.05) is 0 Å². The molecule has 0 aliphatic rings. The van der Waals surface area contributed by atoms with E-state index in [1.807, 2.05) is 6.08 Å². The number of para-hydroxylation sites is 2. The van der Waals surface area contributed by atoms with E-state index < -0.39 is 0 Å². The second-order valence-corrected chi connectivity index (χ2v) is 7.56. The SMILES string of the molecule is C=Cc1c(/C=C\C)n(Bn2c3ccccc3c3cc(C)ccc32)c2ccccc12. The highest BCUT2D eigenvalue weighted by molar-refractivity contribution is 6.40. The summed E-state index contributed by atoms with van der Waals surface area (Å²) in [6, 6.07) is 24.0. The fourth-order valence-corrected chi connectivity index (χ4v) is 4.52.